The quantitative estimate of drug-likeness (QED) is 0.704. The lowest BCUT2D eigenvalue weighted by Crippen LogP contribution is -2.30. The van der Waals surface area contributed by atoms with Gasteiger partial charge in [-0.15, -0.1) is 11.3 Å². The summed E-state index contributed by atoms with van der Waals surface area (Å²) in [6, 6.07) is 7.96. The molecule has 0 radical (unpaired) electrons. The number of carbonyl (C=O) groups excluding carboxylic acids is 1. The standard InChI is InChI=1S/C16H15N3OS2/c20-16(5-4-13-6-10-21-12-13)17-11-14(15-3-1-9-22-15)19-8-2-7-18-19/h1-10,12,14H,11H2,(H,17,20)/b5-4+. The van der Waals surface area contributed by atoms with E-state index in [4.69, 9.17) is 0 Å². The smallest absolute Gasteiger partial charge is 0.244 e. The summed E-state index contributed by atoms with van der Waals surface area (Å²) in [5.74, 6) is -0.0973. The molecule has 0 fully saturated rings. The number of hydrogen-bond acceptors (Lipinski definition) is 4. The molecule has 22 heavy (non-hydrogen) atoms. The summed E-state index contributed by atoms with van der Waals surface area (Å²) < 4.78 is 1.87. The number of hydrogen-bond donors (Lipinski definition) is 1. The SMILES string of the molecule is O=C(/C=C/c1ccsc1)NCC(c1cccs1)n1cccn1. The Morgan fingerprint density at radius 3 is 3.00 bits per heavy atom. The molecule has 0 aromatic carbocycles. The zero-order valence-electron chi connectivity index (χ0n) is 11.8. The Kier molecular flexibility index (Phi) is 4.82. The predicted molar refractivity (Wildman–Crippen MR) is 91.0 cm³/mol. The first-order valence-corrected chi connectivity index (χ1v) is 8.66. The summed E-state index contributed by atoms with van der Waals surface area (Å²) >= 11 is 3.28. The summed E-state index contributed by atoms with van der Waals surface area (Å²) in [6.07, 6.45) is 7.05. The van der Waals surface area contributed by atoms with Crippen molar-refractivity contribution in [3.8, 4) is 0 Å². The average molecular weight is 329 g/mol. The highest BCUT2D eigenvalue weighted by Crippen LogP contribution is 2.21. The fraction of sp³-hybridized carbons (Fsp3) is 0.125. The molecule has 4 nitrogen and oxygen atoms in total. The molecule has 3 aromatic rings. The maximum atomic E-state index is 12.0. The lowest BCUT2D eigenvalue weighted by atomic mass is 10.2. The number of nitrogens with one attached hydrogen (secondary N) is 1. The molecule has 0 bridgehead atoms. The van der Waals surface area contributed by atoms with E-state index in [1.54, 1.807) is 34.9 Å². The molecule has 1 N–H and O–H groups in total. The number of nitrogens with zero attached hydrogens (tertiary/aromatic N) is 2. The van der Waals surface area contributed by atoms with Gasteiger partial charge in [-0.05, 0) is 46.0 Å². The van der Waals surface area contributed by atoms with Crippen LogP contribution < -0.4 is 5.32 Å². The van der Waals surface area contributed by atoms with Crippen LogP contribution in [0.5, 0.6) is 0 Å². The van der Waals surface area contributed by atoms with Crippen molar-refractivity contribution >= 4 is 34.7 Å². The van der Waals surface area contributed by atoms with Crippen LogP contribution in [-0.2, 0) is 4.79 Å². The maximum absolute atomic E-state index is 12.0. The van der Waals surface area contributed by atoms with Crippen molar-refractivity contribution in [2.24, 2.45) is 0 Å². The fourth-order valence-electron chi connectivity index (χ4n) is 2.07. The van der Waals surface area contributed by atoms with Crippen LogP contribution in [0.4, 0.5) is 0 Å². The van der Waals surface area contributed by atoms with Crippen molar-refractivity contribution in [1.82, 2.24) is 15.1 Å². The van der Waals surface area contributed by atoms with Crippen molar-refractivity contribution in [3.63, 3.8) is 0 Å². The van der Waals surface area contributed by atoms with Crippen molar-refractivity contribution < 1.29 is 4.79 Å². The summed E-state index contributed by atoms with van der Waals surface area (Å²) in [7, 11) is 0. The molecule has 0 aliphatic rings. The van der Waals surface area contributed by atoms with E-state index >= 15 is 0 Å². The second kappa shape index (κ2) is 7.20. The molecule has 0 aliphatic carbocycles. The van der Waals surface area contributed by atoms with E-state index in [0.29, 0.717) is 6.54 Å². The van der Waals surface area contributed by atoms with Gasteiger partial charge in [0.15, 0.2) is 0 Å². The molecule has 0 saturated heterocycles. The van der Waals surface area contributed by atoms with Gasteiger partial charge in [0.2, 0.25) is 5.91 Å². The number of amides is 1. The minimum Gasteiger partial charge on any atom is -0.350 e. The normalized spacial score (nSPS) is 12.5. The Morgan fingerprint density at radius 1 is 1.36 bits per heavy atom. The zero-order valence-corrected chi connectivity index (χ0v) is 13.4. The molecular weight excluding hydrogens is 314 g/mol. The third-order valence-electron chi connectivity index (χ3n) is 3.16. The molecule has 6 heteroatoms. The van der Waals surface area contributed by atoms with Gasteiger partial charge >= 0.3 is 0 Å². The number of aromatic nitrogens is 2. The van der Waals surface area contributed by atoms with E-state index in [1.807, 2.05) is 51.3 Å². The van der Waals surface area contributed by atoms with Crippen LogP contribution in [0.15, 0.2) is 58.9 Å². The molecule has 0 saturated carbocycles. The number of thiophene rings is 2. The summed E-state index contributed by atoms with van der Waals surface area (Å²) in [4.78, 5) is 13.1. The third-order valence-corrected chi connectivity index (χ3v) is 4.83. The van der Waals surface area contributed by atoms with Crippen LogP contribution in [-0.4, -0.2) is 22.2 Å². The van der Waals surface area contributed by atoms with E-state index in [0.717, 1.165) is 5.56 Å². The van der Waals surface area contributed by atoms with E-state index in [1.165, 1.54) is 4.88 Å². The maximum Gasteiger partial charge on any atom is 0.244 e. The molecule has 3 rings (SSSR count). The molecule has 3 heterocycles. The predicted octanol–water partition coefficient (Wildman–Crippen LogP) is 3.43. The van der Waals surface area contributed by atoms with E-state index in [9.17, 15) is 4.79 Å². The highest BCUT2D eigenvalue weighted by Gasteiger charge is 2.15. The molecule has 1 unspecified atom stereocenters. The molecular formula is C16H15N3OS2. The van der Waals surface area contributed by atoms with Gasteiger partial charge in [-0.3, -0.25) is 9.48 Å². The Balaban J connectivity index is 1.63. The highest BCUT2D eigenvalue weighted by atomic mass is 32.1. The first-order chi connectivity index (χ1) is 10.8. The van der Waals surface area contributed by atoms with Gasteiger partial charge in [0, 0.05) is 29.9 Å². The van der Waals surface area contributed by atoms with Gasteiger partial charge < -0.3 is 5.32 Å². The molecule has 1 atom stereocenters. The van der Waals surface area contributed by atoms with Crippen LogP contribution in [0.1, 0.15) is 16.5 Å². The van der Waals surface area contributed by atoms with Crippen LogP contribution in [0.2, 0.25) is 0 Å². The van der Waals surface area contributed by atoms with Gasteiger partial charge in [0.1, 0.15) is 6.04 Å². The second-order valence-corrected chi connectivity index (χ2v) is 6.41. The van der Waals surface area contributed by atoms with Crippen LogP contribution >= 0.6 is 22.7 Å². The third kappa shape index (κ3) is 3.72. The first kappa shape index (κ1) is 14.7. The average Bonchev–Trinajstić information content (AvgIpc) is 3.27. The summed E-state index contributed by atoms with van der Waals surface area (Å²) in [5.41, 5.74) is 1.04. The minimum atomic E-state index is -0.0973. The van der Waals surface area contributed by atoms with E-state index in [-0.39, 0.29) is 11.9 Å². The Hall–Kier alpha value is -2.18. The molecule has 1 amide bonds. The monoisotopic (exact) mass is 329 g/mol. The van der Waals surface area contributed by atoms with Gasteiger partial charge in [-0.1, -0.05) is 6.07 Å². The lowest BCUT2D eigenvalue weighted by Gasteiger charge is -2.16. The molecule has 0 aliphatic heterocycles. The van der Waals surface area contributed by atoms with Gasteiger partial charge in [-0.25, -0.2) is 0 Å². The summed E-state index contributed by atoms with van der Waals surface area (Å²) in [6.45, 7) is 0.509. The van der Waals surface area contributed by atoms with Crippen molar-refractivity contribution in [2.45, 2.75) is 6.04 Å². The number of rotatable bonds is 6. The zero-order chi connectivity index (χ0) is 15.2. The van der Waals surface area contributed by atoms with Crippen molar-refractivity contribution in [1.29, 1.82) is 0 Å². The number of carbonyl (C=O) groups is 1. The topological polar surface area (TPSA) is 46.9 Å². The fourth-order valence-corrected chi connectivity index (χ4v) is 3.52. The van der Waals surface area contributed by atoms with Gasteiger partial charge in [0.25, 0.3) is 0 Å². The summed E-state index contributed by atoms with van der Waals surface area (Å²) in [5, 5.41) is 13.3. The van der Waals surface area contributed by atoms with Crippen LogP contribution in [0.3, 0.4) is 0 Å². The first-order valence-electron chi connectivity index (χ1n) is 6.83. The molecule has 112 valence electrons. The minimum absolute atomic E-state index is 0.0218. The van der Waals surface area contributed by atoms with E-state index in [2.05, 4.69) is 16.5 Å². The second-order valence-electron chi connectivity index (χ2n) is 4.65. The Morgan fingerprint density at radius 2 is 2.32 bits per heavy atom. The van der Waals surface area contributed by atoms with E-state index < -0.39 is 0 Å². The lowest BCUT2D eigenvalue weighted by molar-refractivity contribution is -0.116. The Bertz CT molecular complexity index is 681. The van der Waals surface area contributed by atoms with Crippen LogP contribution in [0, 0.1) is 0 Å². The van der Waals surface area contributed by atoms with Crippen molar-refractivity contribution in [3.05, 3.63) is 69.3 Å². The van der Waals surface area contributed by atoms with Gasteiger partial charge in [0.05, 0.1) is 0 Å². The highest BCUT2D eigenvalue weighted by molar-refractivity contribution is 7.10. The van der Waals surface area contributed by atoms with Crippen molar-refractivity contribution in [2.75, 3.05) is 6.54 Å². The van der Waals surface area contributed by atoms with Crippen LogP contribution in [0.25, 0.3) is 6.08 Å². The Labute approximate surface area is 136 Å². The van der Waals surface area contributed by atoms with Gasteiger partial charge in [-0.2, -0.15) is 16.4 Å². The molecule has 0 spiro atoms. The molecule has 3 aromatic heterocycles. The largest absolute Gasteiger partial charge is 0.350 e.